The minimum absolute atomic E-state index is 0.466. The van der Waals surface area contributed by atoms with Crippen LogP contribution in [-0.2, 0) is 0 Å². The van der Waals surface area contributed by atoms with Gasteiger partial charge in [-0.25, -0.2) is 0 Å². The number of nitrogens with one attached hydrogen (secondary N) is 2. The lowest BCUT2D eigenvalue weighted by Gasteiger charge is -2.59. The molecule has 2 aromatic carbocycles. The highest BCUT2D eigenvalue weighted by molar-refractivity contribution is 5.32. The first-order valence-electron chi connectivity index (χ1n) is 12.8. The normalized spacial score (nSPS) is 30.1. The van der Waals surface area contributed by atoms with E-state index < -0.39 is 0 Å². The molecule has 31 heavy (non-hydrogen) atoms. The molecule has 0 spiro atoms. The van der Waals surface area contributed by atoms with Gasteiger partial charge in [-0.15, -0.1) is 0 Å². The molecule has 2 heteroatoms. The summed E-state index contributed by atoms with van der Waals surface area (Å²) in [5.74, 6) is 3.60. The molecule has 0 aliphatic heterocycles. The van der Waals surface area contributed by atoms with E-state index in [4.69, 9.17) is 0 Å². The van der Waals surface area contributed by atoms with Crippen LogP contribution in [0.1, 0.15) is 68.9 Å². The zero-order valence-electron chi connectivity index (χ0n) is 19.2. The third kappa shape index (κ3) is 4.76. The minimum Gasteiger partial charge on any atom is -0.315 e. The minimum atomic E-state index is 0.466. The summed E-state index contributed by atoms with van der Waals surface area (Å²) in [4.78, 5) is 0. The van der Waals surface area contributed by atoms with Crippen molar-refractivity contribution in [2.75, 3.05) is 19.6 Å². The first kappa shape index (κ1) is 21.2. The highest BCUT2D eigenvalue weighted by Gasteiger charge is 2.52. The number of hydrogen-bond donors (Lipinski definition) is 2. The van der Waals surface area contributed by atoms with Crippen LogP contribution < -0.4 is 10.6 Å². The fourth-order valence-corrected chi connectivity index (χ4v) is 7.57. The van der Waals surface area contributed by atoms with Crippen LogP contribution in [0.4, 0.5) is 0 Å². The third-order valence-corrected chi connectivity index (χ3v) is 8.77. The summed E-state index contributed by atoms with van der Waals surface area (Å²) < 4.78 is 0. The summed E-state index contributed by atoms with van der Waals surface area (Å²) in [5.41, 5.74) is 3.45. The fraction of sp³-hybridized carbons (Fsp3) is 0.586. The van der Waals surface area contributed by atoms with E-state index in [1.54, 1.807) is 0 Å². The van der Waals surface area contributed by atoms with E-state index in [1.165, 1.54) is 49.7 Å². The summed E-state index contributed by atoms with van der Waals surface area (Å²) in [6, 6.07) is 22.6. The monoisotopic (exact) mass is 416 g/mol. The Morgan fingerprint density at radius 2 is 1.26 bits per heavy atom. The number of hydrogen-bond acceptors (Lipinski definition) is 2. The molecule has 0 amide bonds. The van der Waals surface area contributed by atoms with Crippen LogP contribution in [0.15, 0.2) is 60.7 Å². The molecule has 0 saturated heterocycles. The van der Waals surface area contributed by atoms with E-state index in [2.05, 4.69) is 78.2 Å². The van der Waals surface area contributed by atoms with Gasteiger partial charge in [-0.05, 0) is 92.7 Å². The first-order chi connectivity index (χ1) is 15.2. The van der Waals surface area contributed by atoms with Gasteiger partial charge in [0.25, 0.3) is 0 Å². The van der Waals surface area contributed by atoms with Crippen molar-refractivity contribution in [3.8, 4) is 0 Å². The Morgan fingerprint density at radius 1 is 0.742 bits per heavy atom. The van der Waals surface area contributed by atoms with Crippen LogP contribution in [0, 0.1) is 23.2 Å². The lowest BCUT2D eigenvalue weighted by Crippen LogP contribution is -2.55. The average Bonchev–Trinajstić information content (AvgIpc) is 2.79. The lowest BCUT2D eigenvalue weighted by atomic mass is 9.48. The standard InChI is InChI=1S/C29H40N2/c1-22(29-19-23-16-24(20-29)18-25(17-23)21-29)31-15-14-30-13-12-28(26-8-4-2-5-9-26)27-10-6-3-7-11-27/h2-11,22-25,28,30-31H,12-21H2,1H3. The molecular formula is C29H40N2. The van der Waals surface area contributed by atoms with Crippen molar-refractivity contribution >= 4 is 0 Å². The summed E-state index contributed by atoms with van der Waals surface area (Å²) in [6.45, 7) is 5.69. The maximum atomic E-state index is 3.93. The highest BCUT2D eigenvalue weighted by atomic mass is 15.0. The molecular weight excluding hydrogens is 376 g/mol. The van der Waals surface area contributed by atoms with Crippen LogP contribution in [0.5, 0.6) is 0 Å². The smallest absolute Gasteiger partial charge is 0.0101 e. The van der Waals surface area contributed by atoms with Crippen molar-refractivity contribution in [3.63, 3.8) is 0 Å². The average molecular weight is 417 g/mol. The van der Waals surface area contributed by atoms with E-state index in [-0.39, 0.29) is 0 Å². The van der Waals surface area contributed by atoms with Crippen molar-refractivity contribution in [1.82, 2.24) is 10.6 Å². The van der Waals surface area contributed by atoms with E-state index >= 15 is 0 Å². The summed E-state index contributed by atoms with van der Waals surface area (Å²) in [7, 11) is 0. The predicted molar refractivity (Wildman–Crippen MR) is 130 cm³/mol. The van der Waals surface area contributed by atoms with E-state index in [1.807, 2.05) is 0 Å². The quantitative estimate of drug-likeness (QED) is 0.465. The van der Waals surface area contributed by atoms with Crippen molar-refractivity contribution in [1.29, 1.82) is 0 Å². The van der Waals surface area contributed by atoms with Gasteiger partial charge >= 0.3 is 0 Å². The van der Waals surface area contributed by atoms with Crippen molar-refractivity contribution in [2.24, 2.45) is 23.2 Å². The second-order valence-corrected chi connectivity index (χ2v) is 10.9. The van der Waals surface area contributed by atoms with Gasteiger partial charge in [0.2, 0.25) is 0 Å². The number of rotatable bonds is 10. The molecule has 4 fully saturated rings. The number of benzene rings is 2. The zero-order valence-corrected chi connectivity index (χ0v) is 19.2. The zero-order chi connectivity index (χ0) is 21.1. The molecule has 1 unspecified atom stereocenters. The van der Waals surface area contributed by atoms with Crippen molar-refractivity contribution in [3.05, 3.63) is 71.8 Å². The molecule has 0 aromatic heterocycles. The molecule has 4 saturated carbocycles. The molecule has 2 nitrogen and oxygen atoms in total. The Labute approximate surface area is 189 Å². The summed E-state index contributed by atoms with van der Waals surface area (Å²) in [6.07, 6.45) is 10.2. The van der Waals surface area contributed by atoms with Crippen LogP contribution in [-0.4, -0.2) is 25.7 Å². The maximum Gasteiger partial charge on any atom is 0.0101 e. The molecule has 4 bridgehead atoms. The molecule has 166 valence electrons. The molecule has 0 heterocycles. The lowest BCUT2D eigenvalue weighted by molar-refractivity contribution is -0.0702. The van der Waals surface area contributed by atoms with Crippen LogP contribution in [0.2, 0.25) is 0 Å². The van der Waals surface area contributed by atoms with Crippen molar-refractivity contribution in [2.45, 2.75) is 63.8 Å². The molecule has 0 radical (unpaired) electrons. The van der Waals surface area contributed by atoms with Crippen LogP contribution in [0.25, 0.3) is 0 Å². The molecule has 1 atom stereocenters. The second kappa shape index (κ2) is 9.46. The molecule has 4 aliphatic carbocycles. The Hall–Kier alpha value is -1.64. The predicted octanol–water partition coefficient (Wildman–Crippen LogP) is 5.99. The fourth-order valence-electron chi connectivity index (χ4n) is 7.57. The van der Waals surface area contributed by atoms with Gasteiger partial charge in [0, 0.05) is 25.0 Å². The van der Waals surface area contributed by atoms with Gasteiger partial charge in [0.1, 0.15) is 0 Å². The SMILES string of the molecule is CC(NCCNCCC(c1ccccc1)c1ccccc1)C12CC3CC(CC(C3)C1)C2. The van der Waals surface area contributed by atoms with E-state index in [9.17, 15) is 0 Å². The van der Waals surface area contributed by atoms with Gasteiger partial charge in [-0.3, -0.25) is 0 Å². The molecule has 2 aromatic rings. The second-order valence-electron chi connectivity index (χ2n) is 10.9. The molecule has 4 aliphatic rings. The van der Waals surface area contributed by atoms with Gasteiger partial charge in [-0.2, -0.15) is 0 Å². The van der Waals surface area contributed by atoms with Gasteiger partial charge in [0.05, 0.1) is 0 Å². The summed E-state index contributed by atoms with van der Waals surface area (Å²) >= 11 is 0. The third-order valence-electron chi connectivity index (χ3n) is 8.77. The molecule has 2 N–H and O–H groups in total. The topological polar surface area (TPSA) is 24.1 Å². The maximum absolute atomic E-state index is 3.93. The van der Waals surface area contributed by atoms with Crippen molar-refractivity contribution < 1.29 is 0 Å². The summed E-state index contributed by atoms with van der Waals surface area (Å²) in [5, 5.41) is 7.65. The largest absolute Gasteiger partial charge is 0.315 e. The van der Waals surface area contributed by atoms with E-state index in [0.717, 1.165) is 43.8 Å². The first-order valence-corrected chi connectivity index (χ1v) is 12.8. The molecule has 6 rings (SSSR count). The van der Waals surface area contributed by atoms with Gasteiger partial charge in [0.15, 0.2) is 0 Å². The van der Waals surface area contributed by atoms with Crippen LogP contribution >= 0.6 is 0 Å². The van der Waals surface area contributed by atoms with Gasteiger partial charge in [-0.1, -0.05) is 60.7 Å². The highest BCUT2D eigenvalue weighted by Crippen LogP contribution is 2.61. The van der Waals surface area contributed by atoms with Gasteiger partial charge < -0.3 is 10.6 Å². The Bertz CT molecular complexity index is 740. The Morgan fingerprint density at radius 3 is 1.77 bits per heavy atom. The Kier molecular flexibility index (Phi) is 6.48. The van der Waals surface area contributed by atoms with Crippen LogP contribution in [0.3, 0.4) is 0 Å². The van der Waals surface area contributed by atoms with E-state index in [0.29, 0.717) is 17.4 Å². The Balaban J connectivity index is 1.08.